The SMILES string of the molecule is CN(C)CCc1ccc(-n2ccc3c2CCCC3=O)cc1. The Hall–Kier alpha value is -1.87. The van der Waals surface area contributed by atoms with E-state index in [1.807, 2.05) is 12.3 Å². The van der Waals surface area contributed by atoms with Crippen LogP contribution in [0.2, 0.25) is 0 Å². The molecule has 110 valence electrons. The molecule has 3 heteroatoms. The molecule has 3 rings (SSSR count). The Kier molecular flexibility index (Phi) is 3.93. The minimum Gasteiger partial charge on any atom is -0.320 e. The second kappa shape index (κ2) is 5.86. The van der Waals surface area contributed by atoms with Gasteiger partial charge in [-0.15, -0.1) is 0 Å². The Bertz CT molecular complexity index is 638. The van der Waals surface area contributed by atoms with Gasteiger partial charge in [-0.05, 0) is 57.1 Å². The summed E-state index contributed by atoms with van der Waals surface area (Å²) in [6, 6.07) is 10.7. The fraction of sp³-hybridized carbons (Fsp3) is 0.389. The lowest BCUT2D eigenvalue weighted by atomic mass is 9.96. The molecule has 0 radical (unpaired) electrons. The van der Waals surface area contributed by atoms with E-state index in [-0.39, 0.29) is 5.78 Å². The fourth-order valence-electron chi connectivity index (χ4n) is 2.94. The first kappa shape index (κ1) is 14.1. The highest BCUT2D eigenvalue weighted by atomic mass is 16.1. The van der Waals surface area contributed by atoms with Crippen molar-refractivity contribution in [1.29, 1.82) is 0 Å². The van der Waals surface area contributed by atoms with E-state index < -0.39 is 0 Å². The van der Waals surface area contributed by atoms with Crippen molar-refractivity contribution in [2.75, 3.05) is 20.6 Å². The van der Waals surface area contributed by atoms with Crippen molar-refractivity contribution in [2.24, 2.45) is 0 Å². The van der Waals surface area contributed by atoms with Gasteiger partial charge in [0.2, 0.25) is 0 Å². The van der Waals surface area contributed by atoms with Crippen LogP contribution >= 0.6 is 0 Å². The molecule has 1 aromatic heterocycles. The Labute approximate surface area is 126 Å². The van der Waals surface area contributed by atoms with Crippen LogP contribution < -0.4 is 0 Å². The van der Waals surface area contributed by atoms with Gasteiger partial charge in [0.25, 0.3) is 0 Å². The van der Waals surface area contributed by atoms with Crippen LogP contribution in [0, 0.1) is 0 Å². The standard InChI is InChI=1S/C18H22N2O/c1-19(2)12-10-14-6-8-15(9-7-14)20-13-11-16-17(20)4-3-5-18(16)21/h6-9,11,13H,3-5,10,12H2,1-2H3. The lowest BCUT2D eigenvalue weighted by Crippen LogP contribution is -2.15. The zero-order valence-electron chi connectivity index (χ0n) is 12.8. The molecular formula is C18H22N2O. The van der Waals surface area contributed by atoms with E-state index in [0.717, 1.165) is 37.1 Å². The highest BCUT2D eigenvalue weighted by Crippen LogP contribution is 2.25. The maximum Gasteiger partial charge on any atom is 0.164 e. The summed E-state index contributed by atoms with van der Waals surface area (Å²) in [6.45, 7) is 1.06. The largest absolute Gasteiger partial charge is 0.320 e. The molecule has 2 aromatic rings. The number of hydrogen-bond acceptors (Lipinski definition) is 2. The van der Waals surface area contributed by atoms with Gasteiger partial charge in [-0.2, -0.15) is 0 Å². The molecule has 1 heterocycles. The van der Waals surface area contributed by atoms with Crippen molar-refractivity contribution in [3.8, 4) is 5.69 Å². The van der Waals surface area contributed by atoms with Gasteiger partial charge < -0.3 is 9.47 Å². The molecule has 0 aliphatic heterocycles. The van der Waals surface area contributed by atoms with Crippen LogP contribution in [0.3, 0.4) is 0 Å². The minimum absolute atomic E-state index is 0.289. The summed E-state index contributed by atoms with van der Waals surface area (Å²) in [5, 5.41) is 0. The smallest absolute Gasteiger partial charge is 0.164 e. The highest BCUT2D eigenvalue weighted by Gasteiger charge is 2.20. The fourth-order valence-corrected chi connectivity index (χ4v) is 2.94. The number of Topliss-reactive ketones (excluding diaryl/α,β-unsaturated/α-hetero) is 1. The van der Waals surface area contributed by atoms with Gasteiger partial charge in [-0.25, -0.2) is 0 Å². The van der Waals surface area contributed by atoms with Gasteiger partial charge in [0.1, 0.15) is 0 Å². The van der Waals surface area contributed by atoms with E-state index >= 15 is 0 Å². The molecule has 1 aromatic carbocycles. The molecule has 0 fully saturated rings. The number of aromatic nitrogens is 1. The van der Waals surface area contributed by atoms with Gasteiger partial charge in [-0.1, -0.05) is 12.1 Å². The van der Waals surface area contributed by atoms with Crippen LogP contribution in [0.5, 0.6) is 0 Å². The number of carbonyl (C=O) groups is 1. The predicted octanol–water partition coefficient (Wildman–Crippen LogP) is 3.10. The summed E-state index contributed by atoms with van der Waals surface area (Å²) in [7, 11) is 4.19. The summed E-state index contributed by atoms with van der Waals surface area (Å²) < 4.78 is 2.17. The van der Waals surface area contributed by atoms with Crippen molar-refractivity contribution in [3.05, 3.63) is 53.3 Å². The first-order chi connectivity index (χ1) is 10.1. The molecule has 1 aliphatic rings. The van der Waals surface area contributed by atoms with Gasteiger partial charge in [0.15, 0.2) is 5.78 Å². The van der Waals surface area contributed by atoms with E-state index in [1.54, 1.807) is 0 Å². The lowest BCUT2D eigenvalue weighted by molar-refractivity contribution is 0.0972. The van der Waals surface area contributed by atoms with E-state index in [9.17, 15) is 4.79 Å². The number of carbonyl (C=O) groups excluding carboxylic acids is 1. The second-order valence-electron chi connectivity index (χ2n) is 6.04. The molecule has 21 heavy (non-hydrogen) atoms. The van der Waals surface area contributed by atoms with Gasteiger partial charge in [-0.3, -0.25) is 4.79 Å². The number of likely N-dealkylation sites (N-methyl/N-ethyl adjacent to an activating group) is 1. The van der Waals surface area contributed by atoms with Crippen molar-refractivity contribution in [2.45, 2.75) is 25.7 Å². The molecule has 0 N–H and O–H groups in total. The van der Waals surface area contributed by atoms with E-state index in [1.165, 1.54) is 11.3 Å². The third-order valence-corrected chi connectivity index (χ3v) is 4.17. The molecule has 0 unspecified atom stereocenters. The van der Waals surface area contributed by atoms with Gasteiger partial charge >= 0.3 is 0 Å². The van der Waals surface area contributed by atoms with Crippen LogP contribution in [0.15, 0.2) is 36.5 Å². The summed E-state index contributed by atoms with van der Waals surface area (Å²) in [6.07, 6.45) is 5.76. The third kappa shape index (κ3) is 2.93. The molecule has 0 saturated heterocycles. The number of benzene rings is 1. The van der Waals surface area contributed by atoms with Crippen LogP contribution in [-0.2, 0) is 12.8 Å². The quantitative estimate of drug-likeness (QED) is 0.861. The molecular weight excluding hydrogens is 260 g/mol. The first-order valence-electron chi connectivity index (χ1n) is 7.62. The van der Waals surface area contributed by atoms with Gasteiger partial charge in [0, 0.05) is 36.1 Å². The number of fused-ring (bicyclic) bond motifs is 1. The van der Waals surface area contributed by atoms with E-state index in [0.29, 0.717) is 6.42 Å². The molecule has 0 saturated carbocycles. The summed E-state index contributed by atoms with van der Waals surface area (Å²) in [4.78, 5) is 14.1. The van der Waals surface area contributed by atoms with Crippen molar-refractivity contribution < 1.29 is 4.79 Å². The molecule has 1 aliphatic carbocycles. The summed E-state index contributed by atoms with van der Waals surface area (Å²) in [5.74, 6) is 0.289. The van der Waals surface area contributed by atoms with Crippen molar-refractivity contribution in [3.63, 3.8) is 0 Å². The maximum atomic E-state index is 11.9. The normalized spacial score (nSPS) is 14.5. The molecule has 0 spiro atoms. The lowest BCUT2D eigenvalue weighted by Gasteiger charge is -2.15. The predicted molar refractivity (Wildman–Crippen MR) is 85.3 cm³/mol. The topological polar surface area (TPSA) is 25.2 Å². The maximum absolute atomic E-state index is 11.9. The first-order valence-corrected chi connectivity index (χ1v) is 7.62. The monoisotopic (exact) mass is 282 g/mol. The molecule has 3 nitrogen and oxygen atoms in total. The molecule has 0 atom stereocenters. The zero-order chi connectivity index (χ0) is 14.8. The minimum atomic E-state index is 0.289. The average molecular weight is 282 g/mol. The Morgan fingerprint density at radius 3 is 2.57 bits per heavy atom. The second-order valence-corrected chi connectivity index (χ2v) is 6.04. The number of hydrogen-bond donors (Lipinski definition) is 0. The summed E-state index contributed by atoms with van der Waals surface area (Å²) in [5.41, 5.74) is 4.59. The van der Waals surface area contributed by atoms with E-state index in [2.05, 4.69) is 47.8 Å². The Balaban J connectivity index is 1.83. The van der Waals surface area contributed by atoms with E-state index in [4.69, 9.17) is 0 Å². The van der Waals surface area contributed by atoms with Crippen LogP contribution in [0.1, 0.15) is 34.5 Å². The van der Waals surface area contributed by atoms with Crippen molar-refractivity contribution in [1.82, 2.24) is 9.47 Å². The molecule has 0 bridgehead atoms. The number of ketones is 1. The zero-order valence-corrected chi connectivity index (χ0v) is 12.8. The third-order valence-electron chi connectivity index (χ3n) is 4.17. The van der Waals surface area contributed by atoms with Crippen LogP contribution in [0.25, 0.3) is 5.69 Å². The van der Waals surface area contributed by atoms with Crippen molar-refractivity contribution >= 4 is 5.78 Å². The average Bonchev–Trinajstić information content (AvgIpc) is 2.91. The van der Waals surface area contributed by atoms with Crippen LogP contribution in [0.4, 0.5) is 0 Å². The molecule has 0 amide bonds. The Morgan fingerprint density at radius 1 is 1.10 bits per heavy atom. The number of nitrogens with zero attached hydrogens (tertiary/aromatic N) is 2. The van der Waals surface area contributed by atoms with Gasteiger partial charge in [0.05, 0.1) is 0 Å². The summed E-state index contributed by atoms with van der Waals surface area (Å²) >= 11 is 0. The Morgan fingerprint density at radius 2 is 1.86 bits per heavy atom. The number of rotatable bonds is 4. The van der Waals surface area contributed by atoms with Crippen LogP contribution in [-0.4, -0.2) is 35.9 Å². The highest BCUT2D eigenvalue weighted by molar-refractivity contribution is 5.98.